The molecule has 0 saturated carbocycles. The van der Waals surface area contributed by atoms with Gasteiger partial charge in [-0.1, -0.05) is 0 Å². The van der Waals surface area contributed by atoms with Crippen LogP contribution < -0.4 is 11.4 Å². The first-order valence-corrected chi connectivity index (χ1v) is 6.64. The van der Waals surface area contributed by atoms with E-state index in [1.807, 2.05) is 0 Å². The van der Waals surface area contributed by atoms with Gasteiger partial charge in [-0.05, 0) is 13.0 Å². The van der Waals surface area contributed by atoms with Gasteiger partial charge in [-0.2, -0.15) is 4.98 Å². The Hall–Kier alpha value is -2.13. The van der Waals surface area contributed by atoms with Crippen molar-refractivity contribution in [1.82, 2.24) is 9.55 Å². The number of esters is 2. The van der Waals surface area contributed by atoms with Crippen LogP contribution >= 0.6 is 12.4 Å². The second-order valence-electron chi connectivity index (χ2n) is 4.92. The van der Waals surface area contributed by atoms with Crippen molar-refractivity contribution in [1.29, 1.82) is 0 Å². The fraction of sp³-hybridized carbons (Fsp3) is 0.538. The van der Waals surface area contributed by atoms with E-state index in [0.717, 1.165) is 4.57 Å². The van der Waals surface area contributed by atoms with Crippen molar-refractivity contribution < 1.29 is 23.8 Å². The van der Waals surface area contributed by atoms with E-state index in [-0.39, 0.29) is 18.2 Å². The highest BCUT2D eigenvalue weighted by Gasteiger charge is 2.48. The predicted molar refractivity (Wildman–Crippen MR) is 80.8 cm³/mol. The van der Waals surface area contributed by atoms with E-state index in [9.17, 15) is 14.4 Å². The molecule has 1 aliphatic rings. The van der Waals surface area contributed by atoms with Crippen LogP contribution in [-0.2, 0) is 23.8 Å². The molecule has 1 aromatic heterocycles. The van der Waals surface area contributed by atoms with Crippen molar-refractivity contribution in [2.75, 3.05) is 5.73 Å². The van der Waals surface area contributed by atoms with E-state index in [4.69, 9.17) is 19.9 Å². The molecule has 0 amide bonds. The Balaban J connectivity index is 0.00000264. The molecule has 0 aliphatic carbocycles. The van der Waals surface area contributed by atoms with Crippen LogP contribution in [0.5, 0.6) is 0 Å². The minimum absolute atomic E-state index is 0. The number of nitrogens with two attached hydrogens (primary N) is 1. The lowest BCUT2D eigenvalue weighted by molar-refractivity contribution is -0.165. The molecular weight excluding hydrogens is 330 g/mol. The van der Waals surface area contributed by atoms with Gasteiger partial charge >= 0.3 is 17.6 Å². The van der Waals surface area contributed by atoms with E-state index < -0.39 is 42.2 Å². The molecule has 2 N–H and O–H groups in total. The third kappa shape index (κ3) is 4.20. The standard InChI is InChI=1S/C13H17N3O6.ClH/c1-6-10(21-7(2)17)11(22-8(3)18)12(20-6)16-5-4-9(14)15-13(16)19;/h4-6,10-12H,1-3H3,(H2,14,15,19);1H. The topological polar surface area (TPSA) is 123 Å². The van der Waals surface area contributed by atoms with Gasteiger partial charge in [0.25, 0.3) is 0 Å². The highest BCUT2D eigenvalue weighted by atomic mass is 35.5. The average Bonchev–Trinajstić information content (AvgIpc) is 2.66. The van der Waals surface area contributed by atoms with Crippen molar-refractivity contribution in [2.24, 2.45) is 0 Å². The third-order valence-corrected chi connectivity index (χ3v) is 3.15. The Morgan fingerprint density at radius 1 is 1.26 bits per heavy atom. The van der Waals surface area contributed by atoms with Crippen molar-refractivity contribution >= 4 is 30.2 Å². The van der Waals surface area contributed by atoms with Crippen molar-refractivity contribution in [3.63, 3.8) is 0 Å². The molecule has 1 aliphatic heterocycles. The van der Waals surface area contributed by atoms with Gasteiger partial charge in [0.2, 0.25) is 0 Å². The molecule has 0 aromatic carbocycles. The number of nitrogens with zero attached hydrogens (tertiary/aromatic N) is 2. The fourth-order valence-electron chi connectivity index (χ4n) is 2.32. The minimum atomic E-state index is -0.959. The van der Waals surface area contributed by atoms with Gasteiger partial charge < -0.3 is 19.9 Å². The molecule has 1 saturated heterocycles. The zero-order valence-corrected chi connectivity index (χ0v) is 13.6. The highest BCUT2D eigenvalue weighted by molar-refractivity contribution is 5.85. The van der Waals surface area contributed by atoms with Crippen molar-refractivity contribution in [2.45, 2.75) is 45.3 Å². The quantitative estimate of drug-likeness (QED) is 0.759. The van der Waals surface area contributed by atoms with E-state index in [1.165, 1.54) is 26.1 Å². The van der Waals surface area contributed by atoms with Gasteiger partial charge in [0.15, 0.2) is 18.4 Å². The largest absolute Gasteiger partial charge is 0.456 e. The maximum absolute atomic E-state index is 11.9. The summed E-state index contributed by atoms with van der Waals surface area (Å²) in [5.41, 5.74) is 4.79. The molecule has 1 fully saturated rings. The Bertz CT molecular complexity index is 649. The van der Waals surface area contributed by atoms with Crippen LogP contribution in [0.3, 0.4) is 0 Å². The van der Waals surface area contributed by atoms with Crippen LogP contribution in [0, 0.1) is 0 Å². The maximum Gasteiger partial charge on any atom is 0.351 e. The van der Waals surface area contributed by atoms with Gasteiger partial charge in [-0.15, -0.1) is 12.4 Å². The molecule has 4 unspecified atom stereocenters. The van der Waals surface area contributed by atoms with Gasteiger partial charge in [0.05, 0.1) is 6.10 Å². The number of hydrogen-bond donors (Lipinski definition) is 1. The molecule has 4 atom stereocenters. The molecule has 1 aromatic rings. The molecule has 23 heavy (non-hydrogen) atoms. The summed E-state index contributed by atoms with van der Waals surface area (Å²) in [4.78, 5) is 38.1. The van der Waals surface area contributed by atoms with Gasteiger partial charge in [0, 0.05) is 20.0 Å². The molecule has 2 rings (SSSR count). The number of rotatable bonds is 3. The molecule has 10 heteroatoms. The van der Waals surface area contributed by atoms with Crippen LogP contribution in [0.25, 0.3) is 0 Å². The summed E-state index contributed by atoms with van der Waals surface area (Å²) in [6, 6.07) is 1.42. The Morgan fingerprint density at radius 3 is 2.35 bits per heavy atom. The summed E-state index contributed by atoms with van der Waals surface area (Å²) >= 11 is 0. The van der Waals surface area contributed by atoms with E-state index in [1.54, 1.807) is 6.92 Å². The summed E-state index contributed by atoms with van der Waals surface area (Å²) in [6.45, 7) is 4.11. The number of aromatic nitrogens is 2. The summed E-state index contributed by atoms with van der Waals surface area (Å²) in [6.07, 6.45) is -1.92. The second-order valence-corrected chi connectivity index (χ2v) is 4.92. The molecule has 0 spiro atoms. The minimum Gasteiger partial charge on any atom is -0.456 e. The smallest absolute Gasteiger partial charge is 0.351 e. The third-order valence-electron chi connectivity index (χ3n) is 3.15. The Kier molecular flexibility index (Phi) is 6.11. The van der Waals surface area contributed by atoms with Crippen molar-refractivity contribution in [3.05, 3.63) is 22.7 Å². The SMILES string of the molecule is CC(=O)OC1C(C)OC(n2ccc(N)nc2=O)C1OC(C)=O.Cl. The predicted octanol–water partition coefficient (Wildman–Crippen LogP) is 0.0280. The van der Waals surface area contributed by atoms with Crippen LogP contribution in [0.4, 0.5) is 5.82 Å². The Labute approximate surface area is 138 Å². The van der Waals surface area contributed by atoms with E-state index >= 15 is 0 Å². The van der Waals surface area contributed by atoms with Crippen LogP contribution in [0.15, 0.2) is 17.1 Å². The van der Waals surface area contributed by atoms with Gasteiger partial charge in [-0.3, -0.25) is 14.2 Å². The zero-order chi connectivity index (χ0) is 16.4. The first-order chi connectivity index (χ1) is 10.3. The summed E-state index contributed by atoms with van der Waals surface area (Å²) < 4.78 is 17.1. The summed E-state index contributed by atoms with van der Waals surface area (Å²) in [7, 11) is 0. The first-order valence-electron chi connectivity index (χ1n) is 6.64. The number of carbonyl (C=O) groups excluding carboxylic acids is 2. The molecule has 0 bridgehead atoms. The second kappa shape index (κ2) is 7.42. The number of ether oxygens (including phenoxy) is 3. The summed E-state index contributed by atoms with van der Waals surface area (Å²) in [5, 5.41) is 0. The van der Waals surface area contributed by atoms with Crippen LogP contribution in [0.1, 0.15) is 27.0 Å². The lowest BCUT2D eigenvalue weighted by Gasteiger charge is -2.23. The highest BCUT2D eigenvalue weighted by Crippen LogP contribution is 2.33. The average molecular weight is 348 g/mol. The van der Waals surface area contributed by atoms with Crippen LogP contribution in [0.2, 0.25) is 0 Å². The molecule has 9 nitrogen and oxygen atoms in total. The zero-order valence-electron chi connectivity index (χ0n) is 12.8. The van der Waals surface area contributed by atoms with Crippen molar-refractivity contribution in [3.8, 4) is 0 Å². The lowest BCUT2D eigenvalue weighted by Crippen LogP contribution is -2.40. The molecule has 2 heterocycles. The number of carbonyl (C=O) groups is 2. The normalized spacial score (nSPS) is 26.2. The van der Waals surface area contributed by atoms with E-state index in [0.29, 0.717) is 0 Å². The number of nitrogen functional groups attached to an aromatic ring is 1. The van der Waals surface area contributed by atoms with E-state index in [2.05, 4.69) is 4.98 Å². The molecular formula is C13H18ClN3O6. The van der Waals surface area contributed by atoms with Gasteiger partial charge in [0.1, 0.15) is 5.82 Å². The molecule has 0 radical (unpaired) electrons. The lowest BCUT2D eigenvalue weighted by atomic mass is 10.1. The number of hydrogen-bond acceptors (Lipinski definition) is 8. The van der Waals surface area contributed by atoms with Crippen LogP contribution in [-0.4, -0.2) is 39.8 Å². The monoisotopic (exact) mass is 347 g/mol. The first kappa shape index (κ1) is 18.9. The maximum atomic E-state index is 11.9. The summed E-state index contributed by atoms with van der Waals surface area (Å²) in [5.74, 6) is -1.06. The molecule has 128 valence electrons. The van der Waals surface area contributed by atoms with Gasteiger partial charge in [-0.25, -0.2) is 4.79 Å². The Morgan fingerprint density at radius 2 is 1.83 bits per heavy atom. The number of halogens is 1. The number of anilines is 1. The fourth-order valence-corrected chi connectivity index (χ4v) is 2.32.